The van der Waals surface area contributed by atoms with Gasteiger partial charge < -0.3 is 9.73 Å². The lowest BCUT2D eigenvalue weighted by atomic mass is 10.1. The first kappa shape index (κ1) is 15.3. The van der Waals surface area contributed by atoms with Crippen molar-refractivity contribution in [2.24, 2.45) is 0 Å². The number of nitrogens with one attached hydrogen (secondary N) is 1. The number of benzene rings is 2. The number of hydrogen-bond donors (Lipinski definition) is 1. The maximum Gasteiger partial charge on any atom is 0.349 e. The Balaban J connectivity index is 1.88. The minimum atomic E-state index is -0.653. The van der Waals surface area contributed by atoms with Crippen LogP contribution < -0.4 is 10.9 Å². The molecule has 4 nitrogen and oxygen atoms in total. The molecular weight excluding hydrogens is 314 g/mol. The van der Waals surface area contributed by atoms with Crippen molar-refractivity contribution in [2.45, 2.75) is 13.0 Å². The van der Waals surface area contributed by atoms with E-state index in [1.54, 1.807) is 36.4 Å². The van der Waals surface area contributed by atoms with Crippen LogP contribution in [0.5, 0.6) is 0 Å². The highest BCUT2D eigenvalue weighted by molar-refractivity contribution is 6.30. The van der Waals surface area contributed by atoms with E-state index in [0.29, 0.717) is 16.0 Å². The van der Waals surface area contributed by atoms with Crippen LogP contribution in [-0.4, -0.2) is 5.91 Å². The monoisotopic (exact) mass is 327 g/mol. The Bertz CT molecular complexity index is 933. The lowest BCUT2D eigenvalue weighted by Gasteiger charge is -2.14. The van der Waals surface area contributed by atoms with E-state index in [1.807, 2.05) is 25.1 Å². The molecule has 3 rings (SSSR count). The van der Waals surface area contributed by atoms with E-state index < -0.39 is 11.5 Å². The molecule has 5 heteroatoms. The third kappa shape index (κ3) is 3.27. The van der Waals surface area contributed by atoms with E-state index in [-0.39, 0.29) is 11.6 Å². The van der Waals surface area contributed by atoms with Crippen molar-refractivity contribution in [1.29, 1.82) is 0 Å². The maximum absolute atomic E-state index is 12.4. The first-order valence-corrected chi connectivity index (χ1v) is 7.51. The SMILES string of the molecule is C[C@H](NC(=O)c1cc2ccccc2oc1=O)c1cccc(Cl)c1. The predicted molar refractivity (Wildman–Crippen MR) is 89.8 cm³/mol. The normalized spacial score (nSPS) is 12.1. The summed E-state index contributed by atoms with van der Waals surface area (Å²) in [5.41, 5.74) is 0.644. The lowest BCUT2D eigenvalue weighted by Crippen LogP contribution is -2.30. The summed E-state index contributed by atoms with van der Waals surface area (Å²) in [6.07, 6.45) is 0. The zero-order valence-electron chi connectivity index (χ0n) is 12.4. The second-order valence-corrected chi connectivity index (χ2v) is 5.67. The van der Waals surface area contributed by atoms with E-state index in [1.165, 1.54) is 0 Å². The van der Waals surface area contributed by atoms with Gasteiger partial charge in [-0.05, 0) is 36.8 Å². The molecule has 1 atom stereocenters. The van der Waals surface area contributed by atoms with Gasteiger partial charge in [0.15, 0.2) is 0 Å². The smallest absolute Gasteiger partial charge is 0.349 e. The molecule has 116 valence electrons. The fourth-order valence-electron chi connectivity index (χ4n) is 2.35. The van der Waals surface area contributed by atoms with Gasteiger partial charge in [-0.2, -0.15) is 0 Å². The van der Waals surface area contributed by atoms with Crippen molar-refractivity contribution in [3.8, 4) is 0 Å². The molecule has 1 amide bonds. The van der Waals surface area contributed by atoms with Gasteiger partial charge in [-0.25, -0.2) is 4.79 Å². The van der Waals surface area contributed by atoms with Crippen LogP contribution in [0.4, 0.5) is 0 Å². The van der Waals surface area contributed by atoms with Crippen LogP contribution in [0.25, 0.3) is 11.0 Å². The highest BCUT2D eigenvalue weighted by Gasteiger charge is 2.16. The molecule has 0 unspecified atom stereocenters. The molecule has 0 aliphatic rings. The zero-order chi connectivity index (χ0) is 16.4. The number of para-hydroxylation sites is 1. The summed E-state index contributed by atoms with van der Waals surface area (Å²) in [6, 6.07) is 15.5. The molecule has 0 saturated carbocycles. The standard InChI is InChI=1S/C18H14ClNO3/c1-11(12-6-4-7-14(19)9-12)20-17(21)15-10-13-5-2-3-8-16(13)23-18(15)22/h2-11H,1H3,(H,20,21)/t11-/m0/s1. The van der Waals surface area contributed by atoms with Crippen molar-refractivity contribution in [3.63, 3.8) is 0 Å². The van der Waals surface area contributed by atoms with Gasteiger partial charge in [-0.15, -0.1) is 0 Å². The van der Waals surface area contributed by atoms with E-state index in [4.69, 9.17) is 16.0 Å². The quantitative estimate of drug-likeness (QED) is 0.741. The number of hydrogen-bond acceptors (Lipinski definition) is 3. The second kappa shape index (κ2) is 6.26. The van der Waals surface area contributed by atoms with Gasteiger partial charge in [-0.1, -0.05) is 41.9 Å². The Morgan fingerprint density at radius 1 is 1.13 bits per heavy atom. The topological polar surface area (TPSA) is 59.3 Å². The Morgan fingerprint density at radius 3 is 2.70 bits per heavy atom. The van der Waals surface area contributed by atoms with Crippen LogP contribution in [0.1, 0.15) is 28.9 Å². The molecule has 1 N–H and O–H groups in total. The summed E-state index contributed by atoms with van der Waals surface area (Å²) in [4.78, 5) is 24.4. The summed E-state index contributed by atoms with van der Waals surface area (Å²) < 4.78 is 5.18. The van der Waals surface area contributed by atoms with Crippen LogP contribution in [0.15, 0.2) is 63.8 Å². The Labute approximate surface area is 137 Å². The van der Waals surface area contributed by atoms with Crippen molar-refractivity contribution < 1.29 is 9.21 Å². The lowest BCUT2D eigenvalue weighted by molar-refractivity contribution is 0.0936. The molecule has 1 heterocycles. The van der Waals surface area contributed by atoms with E-state index in [0.717, 1.165) is 5.56 Å². The molecule has 1 aromatic heterocycles. The summed E-state index contributed by atoms with van der Waals surface area (Å²) in [6.45, 7) is 1.83. The Hall–Kier alpha value is -2.59. The summed E-state index contributed by atoms with van der Waals surface area (Å²) >= 11 is 5.96. The van der Waals surface area contributed by atoms with Crippen LogP contribution in [0.3, 0.4) is 0 Å². The zero-order valence-corrected chi connectivity index (χ0v) is 13.1. The number of fused-ring (bicyclic) bond motifs is 1. The molecule has 0 fully saturated rings. The van der Waals surface area contributed by atoms with Crippen molar-refractivity contribution >= 4 is 28.5 Å². The number of amides is 1. The van der Waals surface area contributed by atoms with Gasteiger partial charge in [0.25, 0.3) is 5.91 Å². The second-order valence-electron chi connectivity index (χ2n) is 5.24. The summed E-state index contributed by atoms with van der Waals surface area (Å²) in [5.74, 6) is -0.475. The Morgan fingerprint density at radius 2 is 1.91 bits per heavy atom. The molecule has 0 radical (unpaired) electrons. The van der Waals surface area contributed by atoms with Gasteiger partial charge in [-0.3, -0.25) is 4.79 Å². The van der Waals surface area contributed by atoms with E-state index in [2.05, 4.69) is 5.32 Å². The van der Waals surface area contributed by atoms with Crippen LogP contribution in [0.2, 0.25) is 5.02 Å². The van der Waals surface area contributed by atoms with Crippen molar-refractivity contribution in [1.82, 2.24) is 5.32 Å². The van der Waals surface area contributed by atoms with Crippen LogP contribution in [0, 0.1) is 0 Å². The first-order chi connectivity index (χ1) is 11.0. The molecule has 2 aromatic carbocycles. The first-order valence-electron chi connectivity index (χ1n) is 7.14. The number of rotatable bonds is 3. The Kier molecular flexibility index (Phi) is 4.17. The fourth-order valence-corrected chi connectivity index (χ4v) is 2.55. The summed E-state index contributed by atoms with van der Waals surface area (Å²) in [5, 5.41) is 4.08. The summed E-state index contributed by atoms with van der Waals surface area (Å²) in [7, 11) is 0. The third-order valence-electron chi connectivity index (χ3n) is 3.58. The molecule has 0 aliphatic heterocycles. The minimum absolute atomic E-state index is 0.0161. The average molecular weight is 328 g/mol. The highest BCUT2D eigenvalue weighted by Crippen LogP contribution is 2.18. The number of carbonyl (C=O) groups excluding carboxylic acids is 1. The van der Waals surface area contributed by atoms with Crippen LogP contribution >= 0.6 is 11.6 Å². The van der Waals surface area contributed by atoms with E-state index >= 15 is 0 Å². The van der Waals surface area contributed by atoms with Gasteiger partial charge in [0, 0.05) is 10.4 Å². The third-order valence-corrected chi connectivity index (χ3v) is 3.82. The van der Waals surface area contributed by atoms with Crippen molar-refractivity contribution in [3.05, 3.63) is 81.2 Å². The average Bonchev–Trinajstić information content (AvgIpc) is 2.54. The van der Waals surface area contributed by atoms with Crippen LogP contribution in [-0.2, 0) is 0 Å². The molecule has 0 saturated heterocycles. The fraction of sp³-hybridized carbons (Fsp3) is 0.111. The van der Waals surface area contributed by atoms with Gasteiger partial charge in [0.2, 0.25) is 0 Å². The molecular formula is C18H14ClNO3. The molecule has 3 aromatic rings. The molecule has 23 heavy (non-hydrogen) atoms. The van der Waals surface area contributed by atoms with E-state index in [9.17, 15) is 9.59 Å². The van der Waals surface area contributed by atoms with Crippen molar-refractivity contribution in [2.75, 3.05) is 0 Å². The minimum Gasteiger partial charge on any atom is -0.422 e. The predicted octanol–water partition coefficient (Wildman–Crippen LogP) is 3.94. The molecule has 0 aliphatic carbocycles. The molecule has 0 spiro atoms. The number of carbonyl (C=O) groups is 1. The maximum atomic E-state index is 12.4. The molecule has 0 bridgehead atoms. The largest absolute Gasteiger partial charge is 0.422 e. The number of halogens is 1. The van der Waals surface area contributed by atoms with Gasteiger partial charge in [0.05, 0.1) is 6.04 Å². The highest BCUT2D eigenvalue weighted by atomic mass is 35.5. The van der Waals surface area contributed by atoms with Gasteiger partial charge >= 0.3 is 5.63 Å². The van der Waals surface area contributed by atoms with Gasteiger partial charge in [0.1, 0.15) is 11.1 Å².